The van der Waals surface area contributed by atoms with E-state index in [1.165, 1.54) is 0 Å². The van der Waals surface area contributed by atoms with Crippen LogP contribution in [0, 0.1) is 11.3 Å². The summed E-state index contributed by atoms with van der Waals surface area (Å²) in [5, 5.41) is 8.56. The number of nitriles is 1. The number of carbonyl (C=O) groups is 1. The lowest BCUT2D eigenvalue weighted by Gasteiger charge is -2.10. The molecule has 0 saturated carbocycles. The zero-order valence-corrected chi connectivity index (χ0v) is 7.93. The van der Waals surface area contributed by atoms with E-state index < -0.39 is 6.10 Å². The van der Waals surface area contributed by atoms with Crippen molar-refractivity contribution in [3.63, 3.8) is 0 Å². The molecule has 1 rings (SSSR count). The van der Waals surface area contributed by atoms with Gasteiger partial charge in [-0.1, -0.05) is 6.92 Å². The summed E-state index contributed by atoms with van der Waals surface area (Å²) in [5.74, 6) is 0.614. The Morgan fingerprint density at radius 3 is 2.57 bits per heavy atom. The molecule has 0 bridgehead atoms. The van der Waals surface area contributed by atoms with Crippen molar-refractivity contribution in [2.24, 2.45) is 0 Å². The molecule has 14 heavy (non-hydrogen) atoms. The van der Waals surface area contributed by atoms with E-state index in [0.29, 0.717) is 17.7 Å². The Morgan fingerprint density at radius 1 is 1.50 bits per heavy atom. The SMILES string of the molecule is CCC(C=O)Oc1ccc(C#N)cc1. The number of hydrogen-bond acceptors (Lipinski definition) is 3. The van der Waals surface area contributed by atoms with Crippen molar-refractivity contribution in [1.82, 2.24) is 0 Å². The van der Waals surface area contributed by atoms with Crippen LogP contribution in [0.15, 0.2) is 24.3 Å². The van der Waals surface area contributed by atoms with Gasteiger partial charge in [0.25, 0.3) is 0 Å². The van der Waals surface area contributed by atoms with Gasteiger partial charge in [-0.25, -0.2) is 0 Å². The van der Waals surface area contributed by atoms with Crippen LogP contribution in [0.4, 0.5) is 0 Å². The molecule has 1 unspecified atom stereocenters. The minimum atomic E-state index is -0.400. The van der Waals surface area contributed by atoms with E-state index in [1.807, 2.05) is 13.0 Å². The van der Waals surface area contributed by atoms with E-state index in [0.717, 1.165) is 6.29 Å². The first-order chi connectivity index (χ1) is 6.80. The number of carbonyl (C=O) groups excluding carboxylic acids is 1. The summed E-state index contributed by atoms with van der Waals surface area (Å²) in [7, 11) is 0. The van der Waals surface area contributed by atoms with Gasteiger partial charge in [0.15, 0.2) is 12.4 Å². The molecule has 0 aliphatic rings. The number of aldehydes is 1. The number of ether oxygens (including phenoxy) is 1. The lowest BCUT2D eigenvalue weighted by Crippen LogP contribution is -2.16. The van der Waals surface area contributed by atoms with Gasteiger partial charge < -0.3 is 4.74 Å². The van der Waals surface area contributed by atoms with Crippen molar-refractivity contribution in [2.45, 2.75) is 19.4 Å². The van der Waals surface area contributed by atoms with Crippen LogP contribution in [0.5, 0.6) is 5.75 Å². The summed E-state index contributed by atoms with van der Waals surface area (Å²) in [5.41, 5.74) is 0.580. The van der Waals surface area contributed by atoms with Crippen LogP contribution in [0.25, 0.3) is 0 Å². The predicted molar refractivity (Wildman–Crippen MR) is 51.9 cm³/mol. The van der Waals surface area contributed by atoms with Gasteiger partial charge in [-0.3, -0.25) is 4.79 Å². The second-order valence-corrected chi connectivity index (χ2v) is 2.84. The molecule has 0 aliphatic carbocycles. The van der Waals surface area contributed by atoms with E-state index in [9.17, 15) is 4.79 Å². The molecular weight excluding hydrogens is 178 g/mol. The predicted octanol–water partition coefficient (Wildman–Crippen LogP) is 1.91. The Morgan fingerprint density at radius 2 is 2.14 bits per heavy atom. The third-order valence-electron chi connectivity index (χ3n) is 1.83. The Kier molecular flexibility index (Phi) is 3.69. The molecule has 1 aromatic rings. The topological polar surface area (TPSA) is 50.1 Å². The Labute approximate surface area is 82.9 Å². The van der Waals surface area contributed by atoms with E-state index in [4.69, 9.17) is 10.00 Å². The highest BCUT2D eigenvalue weighted by molar-refractivity contribution is 5.56. The van der Waals surface area contributed by atoms with Gasteiger partial charge in [0.2, 0.25) is 0 Å². The third-order valence-corrected chi connectivity index (χ3v) is 1.83. The maximum atomic E-state index is 10.5. The van der Waals surface area contributed by atoms with Crippen molar-refractivity contribution in [3.05, 3.63) is 29.8 Å². The molecule has 1 atom stereocenters. The standard InChI is InChI=1S/C11H11NO2/c1-2-10(8-13)14-11-5-3-9(7-12)4-6-11/h3-6,8,10H,2H2,1H3. The van der Waals surface area contributed by atoms with Crippen molar-refractivity contribution in [3.8, 4) is 11.8 Å². The van der Waals surface area contributed by atoms with Crippen molar-refractivity contribution < 1.29 is 9.53 Å². The highest BCUT2D eigenvalue weighted by Crippen LogP contribution is 2.13. The fourth-order valence-corrected chi connectivity index (χ4v) is 0.990. The molecule has 1 aromatic carbocycles. The van der Waals surface area contributed by atoms with Gasteiger partial charge in [0, 0.05) is 0 Å². The van der Waals surface area contributed by atoms with Gasteiger partial charge in [-0.15, -0.1) is 0 Å². The first-order valence-electron chi connectivity index (χ1n) is 4.42. The van der Waals surface area contributed by atoms with E-state index in [1.54, 1.807) is 24.3 Å². The second kappa shape index (κ2) is 5.03. The molecule has 0 spiro atoms. The highest BCUT2D eigenvalue weighted by atomic mass is 16.5. The molecule has 0 saturated heterocycles. The summed E-state index contributed by atoms with van der Waals surface area (Å²) >= 11 is 0. The average Bonchev–Trinajstić information content (AvgIpc) is 2.26. The molecule has 0 heterocycles. The van der Waals surface area contributed by atoms with Crippen LogP contribution in [-0.2, 0) is 4.79 Å². The summed E-state index contributed by atoms with van der Waals surface area (Å²) < 4.78 is 5.33. The summed E-state index contributed by atoms with van der Waals surface area (Å²) in [6, 6.07) is 8.70. The normalized spacial score (nSPS) is 11.4. The molecule has 0 aliphatic heterocycles. The van der Waals surface area contributed by atoms with Crippen LogP contribution < -0.4 is 4.74 Å². The number of nitrogens with zero attached hydrogens (tertiary/aromatic N) is 1. The van der Waals surface area contributed by atoms with Crippen LogP contribution in [0.2, 0.25) is 0 Å². The molecule has 3 heteroatoms. The number of rotatable bonds is 4. The van der Waals surface area contributed by atoms with Crippen LogP contribution in [0.3, 0.4) is 0 Å². The Hall–Kier alpha value is -1.82. The fraction of sp³-hybridized carbons (Fsp3) is 0.273. The first-order valence-corrected chi connectivity index (χ1v) is 4.42. The van der Waals surface area contributed by atoms with Crippen LogP contribution in [0.1, 0.15) is 18.9 Å². The number of benzene rings is 1. The lowest BCUT2D eigenvalue weighted by atomic mass is 10.2. The molecule has 3 nitrogen and oxygen atoms in total. The molecule has 72 valence electrons. The second-order valence-electron chi connectivity index (χ2n) is 2.84. The smallest absolute Gasteiger partial charge is 0.160 e. The van der Waals surface area contributed by atoms with Crippen molar-refractivity contribution in [2.75, 3.05) is 0 Å². The van der Waals surface area contributed by atoms with E-state index in [-0.39, 0.29) is 0 Å². The molecular formula is C11H11NO2. The quantitative estimate of drug-likeness (QED) is 0.680. The minimum absolute atomic E-state index is 0.400. The minimum Gasteiger partial charge on any atom is -0.483 e. The molecule has 0 radical (unpaired) electrons. The van der Waals surface area contributed by atoms with Crippen molar-refractivity contribution in [1.29, 1.82) is 5.26 Å². The summed E-state index contributed by atoms with van der Waals surface area (Å²) in [6.45, 7) is 1.88. The van der Waals surface area contributed by atoms with Crippen molar-refractivity contribution >= 4 is 6.29 Å². The monoisotopic (exact) mass is 189 g/mol. The molecule has 0 amide bonds. The zero-order valence-electron chi connectivity index (χ0n) is 7.93. The summed E-state index contributed by atoms with van der Waals surface area (Å²) in [4.78, 5) is 10.5. The van der Waals surface area contributed by atoms with Gasteiger partial charge >= 0.3 is 0 Å². The molecule has 0 fully saturated rings. The average molecular weight is 189 g/mol. The maximum absolute atomic E-state index is 10.5. The van der Waals surface area contributed by atoms with Gasteiger partial charge in [0.05, 0.1) is 11.6 Å². The fourth-order valence-electron chi connectivity index (χ4n) is 0.990. The first kappa shape index (κ1) is 10.3. The Balaban J connectivity index is 2.69. The molecule has 0 N–H and O–H groups in total. The lowest BCUT2D eigenvalue weighted by molar-refractivity contribution is -0.113. The largest absolute Gasteiger partial charge is 0.483 e. The molecule has 0 aromatic heterocycles. The van der Waals surface area contributed by atoms with Crippen LogP contribution in [-0.4, -0.2) is 12.4 Å². The van der Waals surface area contributed by atoms with E-state index >= 15 is 0 Å². The summed E-state index contributed by atoms with van der Waals surface area (Å²) in [6.07, 6.45) is 1.02. The van der Waals surface area contributed by atoms with Gasteiger partial charge in [0.1, 0.15) is 5.75 Å². The maximum Gasteiger partial charge on any atom is 0.160 e. The zero-order chi connectivity index (χ0) is 10.4. The third kappa shape index (κ3) is 2.60. The Bertz CT molecular complexity index is 337. The highest BCUT2D eigenvalue weighted by Gasteiger charge is 2.05. The van der Waals surface area contributed by atoms with Gasteiger partial charge in [-0.2, -0.15) is 5.26 Å². The number of hydrogen-bond donors (Lipinski definition) is 0. The van der Waals surface area contributed by atoms with Gasteiger partial charge in [-0.05, 0) is 30.7 Å². The van der Waals surface area contributed by atoms with E-state index in [2.05, 4.69) is 0 Å². The van der Waals surface area contributed by atoms with Crippen LogP contribution >= 0.6 is 0 Å².